The van der Waals surface area contributed by atoms with Crippen molar-refractivity contribution < 1.29 is 9.94 Å². The molecule has 0 saturated carbocycles. The van der Waals surface area contributed by atoms with E-state index in [1.54, 1.807) is 0 Å². The van der Waals surface area contributed by atoms with Crippen LogP contribution >= 0.6 is 0 Å². The molecule has 0 fully saturated rings. The van der Waals surface area contributed by atoms with E-state index in [1.165, 1.54) is 0 Å². The molecule has 1 aromatic carbocycles. The summed E-state index contributed by atoms with van der Waals surface area (Å²) in [5, 5.41) is 12.1. The molecule has 0 spiro atoms. The molecule has 0 bridgehead atoms. The molecule has 0 heterocycles. The first-order chi connectivity index (χ1) is 8.74. The van der Waals surface area contributed by atoms with Crippen LogP contribution in [0.1, 0.15) is 45.6 Å². The Morgan fingerprint density at radius 3 is 2.22 bits per heavy atom. The molecule has 0 radical (unpaired) electrons. The fourth-order valence-electron chi connectivity index (χ4n) is 1.81. The van der Waals surface area contributed by atoms with Crippen LogP contribution in [-0.2, 0) is 0 Å². The molecular formula is C15H23NO2. The van der Waals surface area contributed by atoms with Crippen LogP contribution in [-0.4, -0.2) is 17.5 Å². The topological polar surface area (TPSA) is 41.8 Å². The Bertz CT molecular complexity index is 367. The molecule has 0 aliphatic rings. The molecule has 0 atom stereocenters. The lowest BCUT2D eigenvalue weighted by atomic mass is 10.1. The van der Waals surface area contributed by atoms with Crippen LogP contribution in [0.5, 0.6) is 5.75 Å². The van der Waals surface area contributed by atoms with E-state index in [1.807, 2.05) is 31.2 Å². The van der Waals surface area contributed by atoms with E-state index in [9.17, 15) is 0 Å². The highest BCUT2D eigenvalue weighted by Crippen LogP contribution is 2.16. The largest absolute Gasteiger partial charge is 0.493 e. The molecule has 0 aliphatic heterocycles. The van der Waals surface area contributed by atoms with Crippen molar-refractivity contribution in [1.29, 1.82) is 0 Å². The number of hydrogen-bond donors (Lipinski definition) is 1. The summed E-state index contributed by atoms with van der Waals surface area (Å²) in [4.78, 5) is 0. The third-order valence-corrected chi connectivity index (χ3v) is 3.28. The molecule has 18 heavy (non-hydrogen) atoms. The molecule has 3 heteroatoms. The number of oxime groups is 1. The average Bonchev–Trinajstić information content (AvgIpc) is 2.43. The van der Waals surface area contributed by atoms with Gasteiger partial charge >= 0.3 is 0 Å². The van der Waals surface area contributed by atoms with Crippen LogP contribution in [0.15, 0.2) is 29.4 Å². The Hall–Kier alpha value is -1.51. The maximum absolute atomic E-state index is 8.85. The first kappa shape index (κ1) is 14.6. The lowest BCUT2D eigenvalue weighted by molar-refractivity contribution is 0.240. The minimum atomic E-state index is 0.620. The van der Waals surface area contributed by atoms with Crippen LogP contribution in [0.3, 0.4) is 0 Å². The Morgan fingerprint density at radius 1 is 1.17 bits per heavy atom. The van der Waals surface area contributed by atoms with E-state index in [0.29, 0.717) is 18.1 Å². The first-order valence-corrected chi connectivity index (χ1v) is 6.69. The lowest BCUT2D eigenvalue weighted by Gasteiger charge is -2.14. The summed E-state index contributed by atoms with van der Waals surface area (Å²) < 4.78 is 5.75. The average molecular weight is 249 g/mol. The quantitative estimate of drug-likeness (QED) is 0.449. The monoisotopic (exact) mass is 249 g/mol. The van der Waals surface area contributed by atoms with Crippen molar-refractivity contribution >= 4 is 5.71 Å². The smallest absolute Gasteiger partial charge is 0.119 e. The van der Waals surface area contributed by atoms with Gasteiger partial charge in [0.2, 0.25) is 0 Å². The highest BCUT2D eigenvalue weighted by Gasteiger charge is 2.05. The second-order valence-corrected chi connectivity index (χ2v) is 4.42. The second kappa shape index (κ2) is 7.75. The van der Waals surface area contributed by atoms with Gasteiger partial charge in [0.05, 0.1) is 12.3 Å². The SMILES string of the molecule is CC/C(=N\O)c1ccc(OCC(CC)CC)cc1. The van der Waals surface area contributed by atoms with E-state index in [2.05, 4.69) is 19.0 Å². The summed E-state index contributed by atoms with van der Waals surface area (Å²) in [6, 6.07) is 7.72. The summed E-state index contributed by atoms with van der Waals surface area (Å²) in [6.07, 6.45) is 3.00. The van der Waals surface area contributed by atoms with Gasteiger partial charge in [0.1, 0.15) is 5.75 Å². The van der Waals surface area contributed by atoms with Gasteiger partial charge < -0.3 is 9.94 Å². The molecule has 100 valence electrons. The van der Waals surface area contributed by atoms with Crippen molar-refractivity contribution in [2.24, 2.45) is 11.1 Å². The number of hydrogen-bond acceptors (Lipinski definition) is 3. The zero-order valence-corrected chi connectivity index (χ0v) is 11.5. The van der Waals surface area contributed by atoms with Gasteiger partial charge in [0, 0.05) is 0 Å². The summed E-state index contributed by atoms with van der Waals surface area (Å²) in [6.45, 7) is 7.10. The van der Waals surface area contributed by atoms with Crippen LogP contribution in [0, 0.1) is 5.92 Å². The van der Waals surface area contributed by atoms with E-state index in [-0.39, 0.29) is 0 Å². The molecular weight excluding hydrogens is 226 g/mol. The maximum atomic E-state index is 8.85. The van der Waals surface area contributed by atoms with Gasteiger partial charge in [-0.25, -0.2) is 0 Å². The van der Waals surface area contributed by atoms with Gasteiger partial charge in [-0.05, 0) is 42.2 Å². The predicted octanol–water partition coefficient (Wildman–Crippen LogP) is 4.09. The van der Waals surface area contributed by atoms with Gasteiger partial charge in [-0.1, -0.05) is 38.8 Å². The highest BCUT2D eigenvalue weighted by atomic mass is 16.5. The first-order valence-electron chi connectivity index (χ1n) is 6.69. The number of benzene rings is 1. The fourth-order valence-corrected chi connectivity index (χ4v) is 1.81. The van der Waals surface area contributed by atoms with Crippen molar-refractivity contribution in [3.05, 3.63) is 29.8 Å². The van der Waals surface area contributed by atoms with Crippen molar-refractivity contribution in [2.45, 2.75) is 40.0 Å². The summed E-state index contributed by atoms with van der Waals surface area (Å²) in [5.41, 5.74) is 1.64. The van der Waals surface area contributed by atoms with Crippen LogP contribution in [0.25, 0.3) is 0 Å². The number of ether oxygens (including phenoxy) is 1. The van der Waals surface area contributed by atoms with Crippen molar-refractivity contribution in [1.82, 2.24) is 0 Å². The van der Waals surface area contributed by atoms with E-state index >= 15 is 0 Å². The molecule has 0 saturated heterocycles. The van der Waals surface area contributed by atoms with E-state index < -0.39 is 0 Å². The Balaban J connectivity index is 2.60. The summed E-state index contributed by atoms with van der Waals surface area (Å²) in [5.74, 6) is 1.49. The molecule has 0 amide bonds. The highest BCUT2D eigenvalue weighted by molar-refractivity contribution is 6.00. The van der Waals surface area contributed by atoms with Crippen molar-refractivity contribution in [2.75, 3.05) is 6.61 Å². The Labute approximate surface area is 109 Å². The van der Waals surface area contributed by atoms with Crippen LogP contribution in [0.4, 0.5) is 0 Å². The minimum absolute atomic E-state index is 0.620. The lowest BCUT2D eigenvalue weighted by Crippen LogP contribution is -2.10. The molecule has 1 rings (SSSR count). The summed E-state index contributed by atoms with van der Waals surface area (Å²) in [7, 11) is 0. The Kier molecular flexibility index (Phi) is 6.26. The Morgan fingerprint density at radius 2 is 1.78 bits per heavy atom. The van der Waals surface area contributed by atoms with Crippen molar-refractivity contribution in [3.63, 3.8) is 0 Å². The molecule has 0 aromatic heterocycles. The minimum Gasteiger partial charge on any atom is -0.493 e. The molecule has 0 aliphatic carbocycles. The fraction of sp³-hybridized carbons (Fsp3) is 0.533. The van der Waals surface area contributed by atoms with Gasteiger partial charge in [0.15, 0.2) is 0 Å². The van der Waals surface area contributed by atoms with Gasteiger partial charge in [-0.3, -0.25) is 0 Å². The third kappa shape index (κ3) is 4.06. The zero-order chi connectivity index (χ0) is 13.4. The maximum Gasteiger partial charge on any atom is 0.119 e. The molecule has 0 unspecified atom stereocenters. The van der Waals surface area contributed by atoms with Crippen LogP contribution < -0.4 is 4.74 Å². The van der Waals surface area contributed by atoms with E-state index in [0.717, 1.165) is 30.8 Å². The van der Waals surface area contributed by atoms with Gasteiger partial charge in [-0.15, -0.1) is 0 Å². The van der Waals surface area contributed by atoms with Crippen molar-refractivity contribution in [3.8, 4) is 5.75 Å². The zero-order valence-electron chi connectivity index (χ0n) is 11.5. The van der Waals surface area contributed by atoms with Crippen LogP contribution in [0.2, 0.25) is 0 Å². The summed E-state index contributed by atoms with van der Waals surface area (Å²) >= 11 is 0. The third-order valence-electron chi connectivity index (χ3n) is 3.28. The standard InChI is InChI=1S/C15H23NO2/c1-4-12(5-2)11-18-14-9-7-13(8-10-14)15(6-3)16-17/h7-10,12,17H,4-6,11H2,1-3H3/b16-15+. The molecule has 1 N–H and O–H groups in total. The second-order valence-electron chi connectivity index (χ2n) is 4.42. The van der Waals surface area contributed by atoms with Gasteiger partial charge in [0.25, 0.3) is 0 Å². The van der Waals surface area contributed by atoms with Gasteiger partial charge in [-0.2, -0.15) is 0 Å². The molecule has 3 nitrogen and oxygen atoms in total. The predicted molar refractivity (Wildman–Crippen MR) is 74.6 cm³/mol. The number of nitrogens with zero attached hydrogens (tertiary/aromatic N) is 1. The van der Waals surface area contributed by atoms with E-state index in [4.69, 9.17) is 9.94 Å². The number of rotatable bonds is 7. The molecule has 1 aromatic rings. The normalized spacial score (nSPS) is 11.9.